The Bertz CT molecular complexity index is 890. The maximum absolute atomic E-state index is 12.9. The molecule has 130 valence electrons. The predicted octanol–water partition coefficient (Wildman–Crippen LogP) is 3.20. The number of aromatic nitrogens is 2. The summed E-state index contributed by atoms with van der Waals surface area (Å²) in [7, 11) is 0. The van der Waals surface area contributed by atoms with E-state index in [9.17, 15) is 22.8 Å². The van der Waals surface area contributed by atoms with Gasteiger partial charge >= 0.3 is 12.1 Å². The molecule has 0 amide bonds. The third-order valence-electron chi connectivity index (χ3n) is 3.18. The molecule has 2 aromatic rings. The lowest BCUT2D eigenvalue weighted by atomic mass is 10.0. The third-order valence-corrected chi connectivity index (χ3v) is 3.18. The molecule has 0 bridgehead atoms. The highest BCUT2D eigenvalue weighted by Crippen LogP contribution is 2.32. The fraction of sp³-hybridized carbons (Fsp3) is 0.118. The summed E-state index contributed by atoms with van der Waals surface area (Å²) >= 11 is 0. The summed E-state index contributed by atoms with van der Waals surface area (Å²) in [5.41, 5.74) is -1.84. The second-order valence-electron chi connectivity index (χ2n) is 5.04. The number of carboxylic acid groups (broad SMARTS) is 1. The van der Waals surface area contributed by atoms with E-state index in [4.69, 9.17) is 5.11 Å². The van der Waals surface area contributed by atoms with Crippen molar-refractivity contribution in [2.45, 2.75) is 12.6 Å². The second kappa shape index (κ2) is 7.61. The van der Waals surface area contributed by atoms with Crippen molar-refractivity contribution >= 4 is 5.97 Å². The van der Waals surface area contributed by atoms with Crippen LogP contribution in [-0.4, -0.2) is 21.3 Å². The van der Waals surface area contributed by atoms with Gasteiger partial charge in [-0.3, -0.25) is 4.79 Å². The molecule has 0 radical (unpaired) electrons. The van der Waals surface area contributed by atoms with Crippen molar-refractivity contribution in [3.05, 3.63) is 87.3 Å². The molecule has 1 heterocycles. The zero-order valence-electron chi connectivity index (χ0n) is 12.7. The van der Waals surface area contributed by atoms with E-state index < -0.39 is 28.8 Å². The van der Waals surface area contributed by atoms with Crippen LogP contribution in [0.4, 0.5) is 13.2 Å². The van der Waals surface area contributed by atoms with Crippen LogP contribution in [0.25, 0.3) is 0 Å². The van der Waals surface area contributed by atoms with Gasteiger partial charge in [0.25, 0.3) is 5.56 Å². The van der Waals surface area contributed by atoms with Crippen LogP contribution in [0.5, 0.6) is 0 Å². The Balaban J connectivity index is 2.46. The lowest BCUT2D eigenvalue weighted by Gasteiger charge is -2.11. The molecule has 0 saturated carbocycles. The van der Waals surface area contributed by atoms with E-state index in [1.54, 1.807) is 24.3 Å². The summed E-state index contributed by atoms with van der Waals surface area (Å²) in [4.78, 5) is 22.6. The van der Waals surface area contributed by atoms with Crippen molar-refractivity contribution < 1.29 is 23.1 Å². The topological polar surface area (TPSA) is 83.0 Å². The standard InChI is InChI=1S/C17H13F3N2O3/c18-17(19,20)14-8-7-11(10-13(14)16(24)25)9-12-5-3-1-2-4-6-15(23)22-21-12/h1-8,10H,9H2,(H,22,23)(H,24,25). The lowest BCUT2D eigenvalue weighted by Crippen LogP contribution is -2.13. The van der Waals surface area contributed by atoms with Crippen molar-refractivity contribution in [1.29, 1.82) is 0 Å². The second-order valence-corrected chi connectivity index (χ2v) is 5.04. The van der Waals surface area contributed by atoms with Crippen LogP contribution in [0.2, 0.25) is 0 Å². The number of rotatable bonds is 3. The highest BCUT2D eigenvalue weighted by molar-refractivity contribution is 5.89. The molecule has 0 spiro atoms. The number of alkyl halides is 3. The molecule has 0 unspecified atom stereocenters. The predicted molar refractivity (Wildman–Crippen MR) is 83.7 cm³/mol. The van der Waals surface area contributed by atoms with E-state index >= 15 is 0 Å². The number of halogens is 3. The summed E-state index contributed by atoms with van der Waals surface area (Å²) < 4.78 is 38.6. The number of nitrogens with zero attached hydrogens (tertiary/aromatic N) is 1. The summed E-state index contributed by atoms with van der Waals surface area (Å²) in [6.45, 7) is 0. The molecular weight excluding hydrogens is 337 g/mol. The highest BCUT2D eigenvalue weighted by Gasteiger charge is 2.35. The van der Waals surface area contributed by atoms with Crippen LogP contribution in [0.1, 0.15) is 27.2 Å². The number of H-pyrrole nitrogens is 1. The number of aromatic carboxylic acids is 1. The van der Waals surface area contributed by atoms with Crippen LogP contribution in [0, 0.1) is 0 Å². The van der Waals surface area contributed by atoms with Crippen molar-refractivity contribution in [3.63, 3.8) is 0 Å². The zero-order chi connectivity index (χ0) is 18.4. The number of carbonyl (C=O) groups is 1. The van der Waals surface area contributed by atoms with Crippen LogP contribution < -0.4 is 5.56 Å². The molecule has 25 heavy (non-hydrogen) atoms. The summed E-state index contributed by atoms with van der Waals surface area (Å²) in [5, 5.41) is 15.2. The van der Waals surface area contributed by atoms with Gasteiger partial charge in [-0.1, -0.05) is 30.3 Å². The van der Waals surface area contributed by atoms with Gasteiger partial charge in [0.2, 0.25) is 0 Å². The molecule has 0 aliphatic carbocycles. The van der Waals surface area contributed by atoms with E-state index in [2.05, 4.69) is 10.2 Å². The Labute approximate surface area is 140 Å². The van der Waals surface area contributed by atoms with Crippen molar-refractivity contribution in [1.82, 2.24) is 10.2 Å². The molecule has 1 aromatic carbocycles. The average Bonchev–Trinajstić information content (AvgIpc) is 2.54. The Morgan fingerprint density at radius 2 is 1.76 bits per heavy atom. The maximum Gasteiger partial charge on any atom is 0.417 e. The SMILES string of the molecule is O=C(O)c1cc(Cc2ccccccc(=O)[nH]n2)ccc1C(F)(F)F. The number of nitrogens with one attached hydrogen (secondary N) is 1. The molecular formula is C17H13F3N2O3. The van der Waals surface area contributed by atoms with Crippen LogP contribution in [0.3, 0.4) is 0 Å². The van der Waals surface area contributed by atoms with Gasteiger partial charge in [-0.15, -0.1) is 0 Å². The Morgan fingerprint density at radius 3 is 2.40 bits per heavy atom. The van der Waals surface area contributed by atoms with Crippen LogP contribution in [0.15, 0.2) is 59.4 Å². The van der Waals surface area contributed by atoms with Crippen molar-refractivity contribution in [2.24, 2.45) is 0 Å². The van der Waals surface area contributed by atoms with Gasteiger partial charge in [0.1, 0.15) is 0 Å². The normalized spacial score (nSPS) is 10.8. The monoisotopic (exact) mass is 350 g/mol. The van der Waals surface area contributed by atoms with Crippen molar-refractivity contribution in [3.8, 4) is 0 Å². The number of benzene rings is 1. The zero-order valence-corrected chi connectivity index (χ0v) is 12.7. The van der Waals surface area contributed by atoms with Gasteiger partial charge in [-0.05, 0) is 23.8 Å². The lowest BCUT2D eigenvalue weighted by molar-refractivity contribution is -0.138. The third kappa shape index (κ3) is 5.17. The van der Waals surface area contributed by atoms with E-state index in [1.807, 2.05) is 0 Å². The van der Waals surface area contributed by atoms with E-state index in [1.165, 1.54) is 18.2 Å². The first-order valence-electron chi connectivity index (χ1n) is 7.09. The molecule has 0 saturated heterocycles. The Hall–Kier alpha value is -3.16. The summed E-state index contributed by atoms with van der Waals surface area (Å²) in [5.74, 6) is -1.67. The van der Waals surface area contributed by atoms with Gasteiger partial charge in [0.15, 0.2) is 0 Å². The Morgan fingerprint density at radius 1 is 1.08 bits per heavy atom. The molecule has 2 rings (SSSR count). The average molecular weight is 350 g/mol. The molecule has 2 N–H and O–H groups in total. The molecule has 8 heteroatoms. The fourth-order valence-electron chi connectivity index (χ4n) is 2.07. The fourth-order valence-corrected chi connectivity index (χ4v) is 2.07. The molecule has 5 nitrogen and oxygen atoms in total. The van der Waals surface area contributed by atoms with Gasteiger partial charge in [-0.2, -0.15) is 18.3 Å². The van der Waals surface area contributed by atoms with E-state index in [-0.39, 0.29) is 6.42 Å². The summed E-state index contributed by atoms with van der Waals surface area (Å²) in [6.07, 6.45) is -4.71. The molecule has 1 aromatic heterocycles. The number of hydrogen-bond acceptors (Lipinski definition) is 3. The number of carboxylic acids is 1. The Kier molecular flexibility index (Phi) is 5.53. The first kappa shape index (κ1) is 18.2. The minimum absolute atomic E-state index is 0.0484. The van der Waals surface area contributed by atoms with Gasteiger partial charge < -0.3 is 5.11 Å². The first-order chi connectivity index (χ1) is 11.8. The minimum Gasteiger partial charge on any atom is -0.478 e. The number of aromatic amines is 1. The summed E-state index contributed by atoms with van der Waals surface area (Å²) in [6, 6.07) is 12.1. The first-order valence-corrected chi connectivity index (χ1v) is 7.09. The molecule has 0 fully saturated rings. The molecule has 0 atom stereocenters. The quantitative estimate of drug-likeness (QED) is 0.890. The van der Waals surface area contributed by atoms with Gasteiger partial charge in [-0.25, -0.2) is 9.89 Å². The largest absolute Gasteiger partial charge is 0.478 e. The molecule has 0 aliphatic rings. The van der Waals surface area contributed by atoms with Gasteiger partial charge in [0, 0.05) is 12.5 Å². The highest BCUT2D eigenvalue weighted by atomic mass is 19.4. The number of hydrogen-bond donors (Lipinski definition) is 2. The van der Waals surface area contributed by atoms with Crippen LogP contribution in [-0.2, 0) is 12.6 Å². The molecule has 0 aliphatic heterocycles. The van der Waals surface area contributed by atoms with Crippen molar-refractivity contribution in [2.75, 3.05) is 0 Å². The van der Waals surface area contributed by atoms with E-state index in [0.29, 0.717) is 11.3 Å². The van der Waals surface area contributed by atoms with Crippen LogP contribution >= 0.6 is 0 Å². The van der Waals surface area contributed by atoms with Gasteiger partial charge in [0.05, 0.1) is 16.8 Å². The van der Waals surface area contributed by atoms with E-state index in [0.717, 1.165) is 12.1 Å². The minimum atomic E-state index is -4.76. The smallest absolute Gasteiger partial charge is 0.417 e. The maximum atomic E-state index is 12.9.